The lowest BCUT2D eigenvalue weighted by molar-refractivity contribution is 0.126. The predicted octanol–water partition coefficient (Wildman–Crippen LogP) is 0.509. The van der Waals surface area contributed by atoms with E-state index in [1.54, 1.807) is 6.20 Å². The normalized spacial score (nSPS) is 10.5. The van der Waals surface area contributed by atoms with E-state index in [-0.39, 0.29) is 0 Å². The molecule has 13 heavy (non-hydrogen) atoms. The monoisotopic (exact) mass is 183 g/mol. The van der Waals surface area contributed by atoms with Crippen molar-refractivity contribution in [2.45, 2.75) is 13.5 Å². The van der Waals surface area contributed by atoms with Crippen LogP contribution in [0.15, 0.2) is 18.5 Å². The molecule has 0 radical (unpaired) electrons. The summed E-state index contributed by atoms with van der Waals surface area (Å²) in [5.74, 6) is 0. The maximum absolute atomic E-state index is 5.39. The van der Waals surface area contributed by atoms with E-state index in [0.29, 0.717) is 0 Å². The third kappa shape index (κ3) is 4.65. The summed E-state index contributed by atoms with van der Waals surface area (Å²) in [4.78, 5) is 0. The second-order valence-corrected chi connectivity index (χ2v) is 2.74. The highest BCUT2D eigenvalue weighted by molar-refractivity contribution is 4.77. The molecular weight excluding hydrogens is 166 g/mol. The van der Waals surface area contributed by atoms with Crippen molar-refractivity contribution in [3.8, 4) is 0 Å². The van der Waals surface area contributed by atoms with Gasteiger partial charge in [-0.25, -0.2) is 0 Å². The van der Waals surface area contributed by atoms with Crippen LogP contribution in [0.5, 0.6) is 0 Å². The van der Waals surface area contributed by atoms with Crippen LogP contribution in [0.3, 0.4) is 0 Å². The molecule has 1 N–H and O–H groups in total. The lowest BCUT2D eigenvalue weighted by Crippen LogP contribution is -2.20. The Morgan fingerprint density at radius 2 is 2.38 bits per heavy atom. The van der Waals surface area contributed by atoms with E-state index in [4.69, 9.17) is 4.74 Å². The molecule has 74 valence electrons. The van der Waals surface area contributed by atoms with E-state index in [1.807, 2.05) is 16.9 Å². The predicted molar refractivity (Wildman–Crippen MR) is 51.6 cm³/mol. The Kier molecular flexibility index (Phi) is 5.20. The Morgan fingerprint density at radius 1 is 1.46 bits per heavy atom. The van der Waals surface area contributed by atoms with Crippen LogP contribution in [0, 0.1) is 0 Å². The lowest BCUT2D eigenvalue weighted by Gasteiger charge is -2.04. The standard InChI is InChI=1S/C9H17N3O/c1-2-10-5-8-13-9-7-12-6-3-4-11-12/h3-4,6,10H,2,5,7-9H2,1H3. The van der Waals surface area contributed by atoms with Gasteiger partial charge in [0.2, 0.25) is 0 Å². The van der Waals surface area contributed by atoms with E-state index >= 15 is 0 Å². The molecule has 1 heterocycles. The molecular formula is C9H17N3O. The van der Waals surface area contributed by atoms with Gasteiger partial charge >= 0.3 is 0 Å². The Hall–Kier alpha value is -0.870. The van der Waals surface area contributed by atoms with Crippen LogP contribution in [0.25, 0.3) is 0 Å². The number of hydrogen-bond acceptors (Lipinski definition) is 3. The summed E-state index contributed by atoms with van der Waals surface area (Å²) in [5.41, 5.74) is 0. The van der Waals surface area contributed by atoms with Gasteiger partial charge in [0.1, 0.15) is 0 Å². The summed E-state index contributed by atoms with van der Waals surface area (Å²) in [6.07, 6.45) is 3.71. The average Bonchev–Trinajstić information content (AvgIpc) is 2.63. The smallest absolute Gasteiger partial charge is 0.0663 e. The minimum Gasteiger partial charge on any atom is -0.378 e. The van der Waals surface area contributed by atoms with Crippen LogP contribution < -0.4 is 5.32 Å². The fraction of sp³-hybridized carbons (Fsp3) is 0.667. The molecule has 0 aliphatic carbocycles. The van der Waals surface area contributed by atoms with Crippen LogP contribution in [0.2, 0.25) is 0 Å². The molecule has 0 unspecified atom stereocenters. The maximum atomic E-state index is 5.39. The second-order valence-electron chi connectivity index (χ2n) is 2.74. The largest absolute Gasteiger partial charge is 0.378 e. The number of aromatic nitrogens is 2. The zero-order chi connectivity index (χ0) is 9.36. The third-order valence-corrected chi connectivity index (χ3v) is 1.70. The van der Waals surface area contributed by atoms with Crippen LogP contribution in [0.1, 0.15) is 6.92 Å². The summed E-state index contributed by atoms with van der Waals surface area (Å²) in [6, 6.07) is 1.92. The SMILES string of the molecule is CCNCCOCCn1cccn1. The van der Waals surface area contributed by atoms with Crippen LogP contribution in [0.4, 0.5) is 0 Å². The van der Waals surface area contributed by atoms with Crippen molar-refractivity contribution in [1.82, 2.24) is 15.1 Å². The summed E-state index contributed by atoms with van der Waals surface area (Å²) in [6.45, 7) is 6.35. The van der Waals surface area contributed by atoms with Crippen LogP contribution in [-0.2, 0) is 11.3 Å². The summed E-state index contributed by atoms with van der Waals surface area (Å²) in [7, 11) is 0. The maximum Gasteiger partial charge on any atom is 0.0663 e. The van der Waals surface area contributed by atoms with Crippen molar-refractivity contribution in [2.75, 3.05) is 26.3 Å². The number of hydrogen-bond donors (Lipinski definition) is 1. The molecule has 0 saturated carbocycles. The summed E-state index contributed by atoms with van der Waals surface area (Å²) >= 11 is 0. The highest BCUT2D eigenvalue weighted by Crippen LogP contribution is 1.84. The topological polar surface area (TPSA) is 39.1 Å². The molecule has 4 heteroatoms. The van der Waals surface area contributed by atoms with Crippen molar-refractivity contribution < 1.29 is 4.74 Å². The average molecular weight is 183 g/mol. The van der Waals surface area contributed by atoms with Crippen molar-refractivity contribution in [3.05, 3.63) is 18.5 Å². The number of likely N-dealkylation sites (N-methyl/N-ethyl adjacent to an activating group) is 1. The Bertz CT molecular complexity index is 199. The molecule has 0 amide bonds. The Labute approximate surface area is 78.9 Å². The second kappa shape index (κ2) is 6.62. The number of rotatable bonds is 7. The zero-order valence-corrected chi connectivity index (χ0v) is 8.07. The molecule has 1 aromatic rings. The lowest BCUT2D eigenvalue weighted by atomic mass is 10.6. The van der Waals surface area contributed by atoms with Gasteiger partial charge in [-0.15, -0.1) is 0 Å². The van der Waals surface area contributed by atoms with Gasteiger partial charge in [0, 0.05) is 18.9 Å². The van der Waals surface area contributed by atoms with Crippen molar-refractivity contribution in [2.24, 2.45) is 0 Å². The fourth-order valence-electron chi connectivity index (χ4n) is 1.01. The van der Waals surface area contributed by atoms with Gasteiger partial charge in [0.25, 0.3) is 0 Å². The highest BCUT2D eigenvalue weighted by Gasteiger charge is 1.90. The van der Waals surface area contributed by atoms with E-state index in [2.05, 4.69) is 17.3 Å². The summed E-state index contributed by atoms with van der Waals surface area (Å²) < 4.78 is 7.25. The first-order chi connectivity index (χ1) is 6.43. The molecule has 0 atom stereocenters. The molecule has 0 aliphatic rings. The molecule has 0 bridgehead atoms. The third-order valence-electron chi connectivity index (χ3n) is 1.70. The highest BCUT2D eigenvalue weighted by atomic mass is 16.5. The first-order valence-electron chi connectivity index (χ1n) is 4.69. The fourth-order valence-corrected chi connectivity index (χ4v) is 1.01. The molecule has 0 fully saturated rings. The van der Waals surface area contributed by atoms with Gasteiger partial charge in [-0.05, 0) is 12.6 Å². The molecule has 0 saturated heterocycles. The van der Waals surface area contributed by atoms with Gasteiger partial charge in [-0.3, -0.25) is 4.68 Å². The number of nitrogens with one attached hydrogen (secondary N) is 1. The minimum atomic E-state index is 0.729. The quantitative estimate of drug-likeness (QED) is 0.626. The van der Waals surface area contributed by atoms with Crippen LogP contribution >= 0.6 is 0 Å². The van der Waals surface area contributed by atoms with Crippen molar-refractivity contribution in [1.29, 1.82) is 0 Å². The van der Waals surface area contributed by atoms with Gasteiger partial charge in [-0.2, -0.15) is 5.10 Å². The molecule has 0 aliphatic heterocycles. The molecule has 1 rings (SSSR count). The molecule has 0 spiro atoms. The summed E-state index contributed by atoms with van der Waals surface area (Å²) in [5, 5.41) is 7.27. The number of ether oxygens (including phenoxy) is 1. The van der Waals surface area contributed by atoms with Crippen molar-refractivity contribution in [3.63, 3.8) is 0 Å². The minimum absolute atomic E-state index is 0.729. The molecule has 4 nitrogen and oxygen atoms in total. The Balaban J connectivity index is 1.90. The first kappa shape index (κ1) is 10.2. The van der Waals surface area contributed by atoms with Gasteiger partial charge in [0.15, 0.2) is 0 Å². The molecule has 0 aromatic carbocycles. The zero-order valence-electron chi connectivity index (χ0n) is 8.07. The van der Waals surface area contributed by atoms with Gasteiger partial charge in [-0.1, -0.05) is 6.92 Å². The first-order valence-corrected chi connectivity index (χ1v) is 4.69. The van der Waals surface area contributed by atoms with E-state index in [1.165, 1.54) is 0 Å². The van der Waals surface area contributed by atoms with E-state index in [9.17, 15) is 0 Å². The van der Waals surface area contributed by atoms with E-state index in [0.717, 1.165) is 32.8 Å². The van der Waals surface area contributed by atoms with Crippen LogP contribution in [-0.4, -0.2) is 36.1 Å². The van der Waals surface area contributed by atoms with E-state index < -0.39 is 0 Å². The van der Waals surface area contributed by atoms with Gasteiger partial charge in [0.05, 0.1) is 19.8 Å². The van der Waals surface area contributed by atoms with Crippen molar-refractivity contribution >= 4 is 0 Å². The number of nitrogens with zero attached hydrogens (tertiary/aromatic N) is 2. The van der Waals surface area contributed by atoms with Gasteiger partial charge < -0.3 is 10.1 Å². The molecule has 1 aromatic heterocycles. The Morgan fingerprint density at radius 3 is 3.08 bits per heavy atom.